The summed E-state index contributed by atoms with van der Waals surface area (Å²) in [5.74, 6) is 1.54. The van der Waals surface area contributed by atoms with Crippen LogP contribution in [0.25, 0.3) is 22.0 Å². The topological polar surface area (TPSA) is 41.7 Å². The molecule has 1 aliphatic heterocycles. The van der Waals surface area contributed by atoms with Gasteiger partial charge in [-0.1, -0.05) is 53.7 Å². The van der Waals surface area contributed by atoms with Crippen LogP contribution in [0.4, 0.5) is 5.69 Å². The normalized spacial score (nSPS) is 14.9. The number of ether oxygens (including phenoxy) is 1. The van der Waals surface area contributed by atoms with Crippen LogP contribution < -0.4 is 9.64 Å². The number of rotatable bonds is 5. The fourth-order valence-corrected chi connectivity index (χ4v) is 3.93. The van der Waals surface area contributed by atoms with Crippen molar-refractivity contribution in [3.8, 4) is 17.0 Å². The van der Waals surface area contributed by atoms with E-state index in [1.54, 1.807) is 0 Å². The van der Waals surface area contributed by atoms with Gasteiger partial charge in [0.1, 0.15) is 18.1 Å². The third kappa shape index (κ3) is 3.89. The highest BCUT2D eigenvalue weighted by Crippen LogP contribution is 2.31. The lowest BCUT2D eigenvalue weighted by Crippen LogP contribution is -2.44. The van der Waals surface area contributed by atoms with Gasteiger partial charge in [0.25, 0.3) is 0 Å². The maximum atomic E-state index is 6.05. The summed E-state index contributed by atoms with van der Waals surface area (Å²) in [4.78, 5) is 4.84. The standard InChI is InChI=1S/C25H25N3O2/c1-27-12-14-28(15-13-27)25-9-5-8-19-10-11-21(16-23(19)25)29-18-22-17-24(26-30-22)20-6-3-2-4-7-20/h2-11,16-17H,12-15,18H2,1H3. The van der Waals surface area contributed by atoms with E-state index >= 15 is 0 Å². The van der Waals surface area contributed by atoms with Crippen LogP contribution in [0.3, 0.4) is 0 Å². The van der Waals surface area contributed by atoms with Gasteiger partial charge in [-0.2, -0.15) is 0 Å². The molecule has 0 amide bonds. The number of fused-ring (bicyclic) bond motifs is 1. The molecule has 3 aromatic carbocycles. The summed E-state index contributed by atoms with van der Waals surface area (Å²) in [6, 6.07) is 24.7. The fraction of sp³-hybridized carbons (Fsp3) is 0.240. The Bertz CT molecular complexity index is 1130. The Hall–Kier alpha value is -3.31. The highest BCUT2D eigenvalue weighted by atomic mass is 16.5. The summed E-state index contributed by atoms with van der Waals surface area (Å²) in [6.45, 7) is 4.60. The first kappa shape index (κ1) is 18.7. The molecule has 152 valence electrons. The maximum absolute atomic E-state index is 6.05. The molecule has 30 heavy (non-hydrogen) atoms. The molecule has 5 heteroatoms. The van der Waals surface area contributed by atoms with Crippen molar-refractivity contribution >= 4 is 16.5 Å². The van der Waals surface area contributed by atoms with Gasteiger partial charge in [0.2, 0.25) is 0 Å². The minimum atomic E-state index is 0.349. The van der Waals surface area contributed by atoms with E-state index in [1.165, 1.54) is 16.5 Å². The van der Waals surface area contributed by atoms with Gasteiger partial charge in [-0.3, -0.25) is 0 Å². The quantitative estimate of drug-likeness (QED) is 0.481. The van der Waals surface area contributed by atoms with E-state index in [1.807, 2.05) is 42.5 Å². The highest BCUT2D eigenvalue weighted by Gasteiger charge is 2.16. The molecular weight excluding hydrogens is 374 g/mol. The van der Waals surface area contributed by atoms with Crippen molar-refractivity contribution in [1.82, 2.24) is 10.1 Å². The van der Waals surface area contributed by atoms with Gasteiger partial charge in [-0.05, 0) is 30.6 Å². The van der Waals surface area contributed by atoms with Crippen LogP contribution in [-0.4, -0.2) is 43.3 Å². The van der Waals surface area contributed by atoms with E-state index < -0.39 is 0 Å². The van der Waals surface area contributed by atoms with E-state index in [-0.39, 0.29) is 0 Å². The summed E-state index contributed by atoms with van der Waals surface area (Å²) >= 11 is 0. The summed E-state index contributed by atoms with van der Waals surface area (Å²) in [6.07, 6.45) is 0. The second-order valence-electron chi connectivity index (χ2n) is 7.78. The molecule has 1 aliphatic rings. The zero-order valence-corrected chi connectivity index (χ0v) is 17.1. The lowest BCUT2D eigenvalue weighted by atomic mass is 10.1. The number of likely N-dealkylation sites (N-methyl/N-ethyl adjacent to an activating group) is 1. The number of hydrogen-bond acceptors (Lipinski definition) is 5. The first-order chi connectivity index (χ1) is 14.8. The molecule has 1 aromatic heterocycles. The van der Waals surface area contributed by atoms with Gasteiger partial charge in [0, 0.05) is 48.9 Å². The summed E-state index contributed by atoms with van der Waals surface area (Å²) in [7, 11) is 2.18. The first-order valence-electron chi connectivity index (χ1n) is 10.4. The lowest BCUT2D eigenvalue weighted by Gasteiger charge is -2.34. The summed E-state index contributed by atoms with van der Waals surface area (Å²) < 4.78 is 11.5. The van der Waals surface area contributed by atoms with Gasteiger partial charge in [-0.25, -0.2) is 0 Å². The predicted octanol–water partition coefficient (Wildman–Crippen LogP) is 4.83. The third-order valence-electron chi connectivity index (χ3n) is 5.68. The summed E-state index contributed by atoms with van der Waals surface area (Å²) in [5, 5.41) is 6.62. The van der Waals surface area contributed by atoms with Crippen LogP contribution in [0.2, 0.25) is 0 Å². The molecule has 0 radical (unpaired) electrons. The Balaban J connectivity index is 1.34. The molecule has 0 N–H and O–H groups in total. The van der Waals surface area contributed by atoms with Gasteiger partial charge in [-0.15, -0.1) is 0 Å². The van der Waals surface area contributed by atoms with E-state index in [9.17, 15) is 0 Å². The van der Waals surface area contributed by atoms with Crippen molar-refractivity contribution in [1.29, 1.82) is 0 Å². The Morgan fingerprint density at radius 1 is 0.900 bits per heavy atom. The molecule has 5 rings (SSSR count). The molecule has 5 nitrogen and oxygen atoms in total. The number of benzene rings is 3. The number of hydrogen-bond donors (Lipinski definition) is 0. The van der Waals surface area contributed by atoms with Crippen LogP contribution in [0.5, 0.6) is 5.75 Å². The van der Waals surface area contributed by atoms with Crippen LogP contribution in [0.15, 0.2) is 77.3 Å². The molecule has 0 aliphatic carbocycles. The molecule has 0 atom stereocenters. The van der Waals surface area contributed by atoms with E-state index in [0.717, 1.165) is 43.2 Å². The molecule has 1 saturated heterocycles. The molecule has 0 bridgehead atoms. The zero-order chi connectivity index (χ0) is 20.3. The molecular formula is C25H25N3O2. The monoisotopic (exact) mass is 399 g/mol. The van der Waals surface area contributed by atoms with E-state index in [2.05, 4.69) is 52.3 Å². The number of nitrogens with zero attached hydrogens (tertiary/aromatic N) is 3. The molecule has 2 heterocycles. The maximum Gasteiger partial charge on any atom is 0.174 e. The molecule has 0 spiro atoms. The molecule has 1 fully saturated rings. The van der Waals surface area contributed by atoms with Crippen molar-refractivity contribution < 1.29 is 9.26 Å². The minimum Gasteiger partial charge on any atom is -0.486 e. The van der Waals surface area contributed by atoms with Crippen LogP contribution in [-0.2, 0) is 6.61 Å². The van der Waals surface area contributed by atoms with Gasteiger partial charge >= 0.3 is 0 Å². The second kappa shape index (κ2) is 8.20. The van der Waals surface area contributed by atoms with E-state index in [4.69, 9.17) is 9.26 Å². The van der Waals surface area contributed by atoms with E-state index in [0.29, 0.717) is 12.4 Å². The molecule has 0 saturated carbocycles. The number of aromatic nitrogens is 1. The Morgan fingerprint density at radius 3 is 2.57 bits per heavy atom. The van der Waals surface area contributed by atoms with Gasteiger partial charge in [0.05, 0.1) is 0 Å². The lowest BCUT2D eigenvalue weighted by molar-refractivity contribution is 0.250. The largest absolute Gasteiger partial charge is 0.486 e. The molecule has 0 unspecified atom stereocenters. The third-order valence-corrected chi connectivity index (χ3v) is 5.68. The second-order valence-corrected chi connectivity index (χ2v) is 7.78. The fourth-order valence-electron chi connectivity index (χ4n) is 3.93. The smallest absolute Gasteiger partial charge is 0.174 e. The van der Waals surface area contributed by atoms with Crippen LogP contribution >= 0.6 is 0 Å². The SMILES string of the molecule is CN1CCN(c2cccc3ccc(OCc4cc(-c5ccccc5)no4)cc23)CC1. The average Bonchev–Trinajstić information content (AvgIpc) is 3.28. The Labute approximate surface area is 176 Å². The minimum absolute atomic E-state index is 0.349. The van der Waals surface area contributed by atoms with Crippen molar-refractivity contribution in [2.75, 3.05) is 38.1 Å². The van der Waals surface area contributed by atoms with Crippen LogP contribution in [0.1, 0.15) is 5.76 Å². The first-order valence-corrected chi connectivity index (χ1v) is 10.4. The Morgan fingerprint density at radius 2 is 1.73 bits per heavy atom. The zero-order valence-electron chi connectivity index (χ0n) is 17.1. The molecule has 4 aromatic rings. The average molecular weight is 399 g/mol. The van der Waals surface area contributed by atoms with Crippen molar-refractivity contribution in [2.24, 2.45) is 0 Å². The van der Waals surface area contributed by atoms with Crippen molar-refractivity contribution in [3.63, 3.8) is 0 Å². The van der Waals surface area contributed by atoms with Crippen LogP contribution in [0, 0.1) is 0 Å². The van der Waals surface area contributed by atoms with Gasteiger partial charge in [0.15, 0.2) is 5.76 Å². The van der Waals surface area contributed by atoms with Gasteiger partial charge < -0.3 is 19.1 Å². The van der Waals surface area contributed by atoms with Crippen molar-refractivity contribution in [2.45, 2.75) is 6.61 Å². The predicted molar refractivity (Wildman–Crippen MR) is 120 cm³/mol. The number of anilines is 1. The highest BCUT2D eigenvalue weighted by molar-refractivity contribution is 5.95. The Kier molecular flexibility index (Phi) is 5.11. The summed E-state index contributed by atoms with van der Waals surface area (Å²) in [5.41, 5.74) is 3.14. The van der Waals surface area contributed by atoms with Crippen molar-refractivity contribution in [3.05, 3.63) is 78.6 Å². The number of piperazine rings is 1.